The molecule has 30 heavy (non-hydrogen) atoms. The van der Waals surface area contributed by atoms with Gasteiger partial charge in [-0.3, -0.25) is 4.57 Å². The van der Waals surface area contributed by atoms with Crippen LogP contribution >= 0.6 is 11.8 Å². The van der Waals surface area contributed by atoms with E-state index in [1.165, 1.54) is 30.0 Å². The average molecular weight is 423 g/mol. The van der Waals surface area contributed by atoms with E-state index in [0.717, 1.165) is 16.3 Å². The Morgan fingerprint density at radius 1 is 0.833 bits per heavy atom. The van der Waals surface area contributed by atoms with Gasteiger partial charge in [-0.05, 0) is 42.0 Å². The maximum atomic E-state index is 13.7. The lowest BCUT2D eigenvalue weighted by atomic mass is 10.2. The van der Waals surface area contributed by atoms with Crippen molar-refractivity contribution in [1.82, 2.24) is 14.8 Å². The number of thioether (sulfide) groups is 1. The highest BCUT2D eigenvalue weighted by molar-refractivity contribution is 7.99. The van der Waals surface area contributed by atoms with E-state index in [4.69, 9.17) is 4.74 Å². The van der Waals surface area contributed by atoms with Crippen LogP contribution in [-0.4, -0.2) is 27.1 Å². The molecule has 152 valence electrons. The van der Waals surface area contributed by atoms with E-state index in [0.29, 0.717) is 24.7 Å². The first-order valence-electron chi connectivity index (χ1n) is 9.44. The maximum absolute atomic E-state index is 13.7. The van der Waals surface area contributed by atoms with E-state index in [1.807, 2.05) is 34.9 Å². The van der Waals surface area contributed by atoms with Gasteiger partial charge in [0.05, 0.1) is 13.2 Å². The molecule has 0 aliphatic carbocycles. The molecular weight excluding hydrogens is 404 g/mol. The van der Waals surface area contributed by atoms with E-state index in [1.54, 1.807) is 30.3 Å². The highest BCUT2D eigenvalue weighted by atomic mass is 32.2. The topological polar surface area (TPSA) is 39.9 Å². The van der Waals surface area contributed by atoms with Crippen molar-refractivity contribution in [1.29, 1.82) is 0 Å². The third kappa shape index (κ3) is 4.86. The molecule has 7 heteroatoms. The smallest absolute Gasteiger partial charge is 0.191 e. The first-order chi connectivity index (χ1) is 14.7. The van der Waals surface area contributed by atoms with Crippen molar-refractivity contribution >= 4 is 11.8 Å². The second-order valence-electron chi connectivity index (χ2n) is 6.51. The predicted octanol–water partition coefficient (Wildman–Crippen LogP) is 5.44. The molecule has 0 saturated carbocycles. The van der Waals surface area contributed by atoms with Gasteiger partial charge in [-0.25, -0.2) is 8.78 Å². The first-order valence-corrected chi connectivity index (χ1v) is 10.4. The largest absolute Gasteiger partial charge is 0.490 e. The van der Waals surface area contributed by atoms with Gasteiger partial charge in [-0.1, -0.05) is 54.2 Å². The van der Waals surface area contributed by atoms with Crippen molar-refractivity contribution < 1.29 is 13.5 Å². The molecule has 0 atom stereocenters. The van der Waals surface area contributed by atoms with E-state index >= 15 is 0 Å². The van der Waals surface area contributed by atoms with Gasteiger partial charge in [-0.2, -0.15) is 0 Å². The Balaban J connectivity index is 1.51. The van der Waals surface area contributed by atoms with Crippen molar-refractivity contribution in [3.8, 4) is 17.1 Å². The van der Waals surface area contributed by atoms with Crippen LogP contribution in [0.15, 0.2) is 84.0 Å². The minimum Gasteiger partial charge on any atom is -0.490 e. The van der Waals surface area contributed by atoms with Crippen LogP contribution in [0.1, 0.15) is 5.56 Å². The Bertz CT molecular complexity index is 1100. The summed E-state index contributed by atoms with van der Waals surface area (Å²) in [4.78, 5) is 0. The zero-order chi connectivity index (χ0) is 20.8. The van der Waals surface area contributed by atoms with Gasteiger partial charge in [0.1, 0.15) is 5.82 Å². The molecule has 0 N–H and O–H groups in total. The van der Waals surface area contributed by atoms with E-state index in [9.17, 15) is 8.78 Å². The van der Waals surface area contributed by atoms with Gasteiger partial charge in [-0.15, -0.1) is 10.2 Å². The Kier molecular flexibility index (Phi) is 6.39. The highest BCUT2D eigenvalue weighted by Gasteiger charge is 2.15. The first kappa shape index (κ1) is 20.1. The number of aromatic nitrogens is 3. The fourth-order valence-corrected chi connectivity index (χ4v) is 3.72. The number of halogens is 2. The second-order valence-corrected chi connectivity index (χ2v) is 7.57. The monoisotopic (exact) mass is 423 g/mol. The van der Waals surface area contributed by atoms with Crippen LogP contribution in [0.5, 0.6) is 5.75 Å². The number of nitrogens with zero attached hydrogens (tertiary/aromatic N) is 3. The van der Waals surface area contributed by atoms with Gasteiger partial charge < -0.3 is 4.74 Å². The number of rotatable bonds is 8. The molecule has 0 radical (unpaired) electrons. The van der Waals surface area contributed by atoms with Crippen LogP contribution in [0.2, 0.25) is 0 Å². The summed E-state index contributed by atoms with van der Waals surface area (Å²) in [5.41, 5.74) is 1.89. The standard InChI is InChI=1S/C23H19F2N3OS/c24-19-12-10-18(11-13-19)22-26-27-23(28(22)16-17-6-2-1-3-7-17)30-15-14-29-21-9-5-4-8-20(21)25/h1-13H,14-16H2. The lowest BCUT2D eigenvalue weighted by molar-refractivity contribution is 0.325. The zero-order valence-corrected chi connectivity index (χ0v) is 16.9. The summed E-state index contributed by atoms with van der Waals surface area (Å²) in [5, 5.41) is 9.38. The van der Waals surface area contributed by atoms with Crippen molar-refractivity contribution in [2.24, 2.45) is 0 Å². The third-order valence-electron chi connectivity index (χ3n) is 4.41. The average Bonchev–Trinajstić information content (AvgIpc) is 3.16. The molecule has 0 aliphatic heterocycles. The molecule has 0 spiro atoms. The minimum absolute atomic E-state index is 0.232. The van der Waals surface area contributed by atoms with Crippen LogP contribution in [0, 0.1) is 11.6 Å². The van der Waals surface area contributed by atoms with Crippen LogP contribution in [-0.2, 0) is 6.54 Å². The number of ether oxygens (including phenoxy) is 1. The fourth-order valence-electron chi connectivity index (χ4n) is 2.96. The SMILES string of the molecule is Fc1ccc(-c2nnc(SCCOc3ccccc3F)n2Cc2ccccc2)cc1. The maximum Gasteiger partial charge on any atom is 0.191 e. The molecule has 0 aliphatic rings. The van der Waals surface area contributed by atoms with Crippen LogP contribution < -0.4 is 4.74 Å². The van der Waals surface area contributed by atoms with Crippen LogP contribution in [0.3, 0.4) is 0 Å². The summed E-state index contributed by atoms with van der Waals surface area (Å²) >= 11 is 1.48. The molecule has 1 heterocycles. The van der Waals surface area contributed by atoms with E-state index in [-0.39, 0.29) is 17.4 Å². The molecule has 3 aromatic carbocycles. The van der Waals surface area contributed by atoms with E-state index < -0.39 is 0 Å². The van der Waals surface area contributed by atoms with Gasteiger partial charge in [0.15, 0.2) is 22.5 Å². The summed E-state index contributed by atoms with van der Waals surface area (Å²) in [7, 11) is 0. The van der Waals surface area contributed by atoms with Gasteiger partial charge in [0.2, 0.25) is 0 Å². The number of hydrogen-bond donors (Lipinski definition) is 0. The summed E-state index contributed by atoms with van der Waals surface area (Å²) in [5.74, 6) is 0.790. The van der Waals surface area contributed by atoms with Gasteiger partial charge >= 0.3 is 0 Å². The number of benzene rings is 3. The predicted molar refractivity (Wildman–Crippen MR) is 114 cm³/mol. The van der Waals surface area contributed by atoms with Gasteiger partial charge in [0, 0.05) is 11.3 Å². The molecular formula is C23H19F2N3OS. The summed E-state index contributed by atoms with van der Waals surface area (Å²) in [6.07, 6.45) is 0. The molecule has 0 saturated heterocycles. The summed E-state index contributed by atoms with van der Waals surface area (Å²) < 4.78 is 34.5. The third-order valence-corrected chi connectivity index (χ3v) is 5.34. The molecule has 0 bridgehead atoms. The van der Waals surface area contributed by atoms with Crippen LogP contribution in [0.4, 0.5) is 8.78 Å². The lowest BCUT2D eigenvalue weighted by Gasteiger charge is -2.11. The highest BCUT2D eigenvalue weighted by Crippen LogP contribution is 2.26. The molecule has 0 amide bonds. The lowest BCUT2D eigenvalue weighted by Crippen LogP contribution is -2.06. The summed E-state index contributed by atoms with van der Waals surface area (Å²) in [6.45, 7) is 0.909. The minimum atomic E-state index is -0.381. The molecule has 4 nitrogen and oxygen atoms in total. The number of hydrogen-bond acceptors (Lipinski definition) is 4. The molecule has 0 unspecified atom stereocenters. The van der Waals surface area contributed by atoms with Crippen LogP contribution in [0.25, 0.3) is 11.4 Å². The molecule has 0 fully saturated rings. The molecule has 1 aromatic heterocycles. The van der Waals surface area contributed by atoms with Crippen molar-refractivity contribution in [3.63, 3.8) is 0 Å². The summed E-state index contributed by atoms with van der Waals surface area (Å²) in [6, 6.07) is 22.5. The van der Waals surface area contributed by atoms with Crippen molar-refractivity contribution in [3.05, 3.63) is 96.1 Å². The van der Waals surface area contributed by atoms with Crippen molar-refractivity contribution in [2.75, 3.05) is 12.4 Å². The fraction of sp³-hybridized carbons (Fsp3) is 0.130. The second kappa shape index (κ2) is 9.54. The Morgan fingerprint density at radius 2 is 1.57 bits per heavy atom. The number of para-hydroxylation sites is 1. The normalized spacial score (nSPS) is 10.9. The zero-order valence-electron chi connectivity index (χ0n) is 16.0. The van der Waals surface area contributed by atoms with Crippen molar-refractivity contribution in [2.45, 2.75) is 11.7 Å². The Hall–Kier alpha value is -3.19. The molecule has 4 rings (SSSR count). The molecule has 4 aromatic rings. The van der Waals surface area contributed by atoms with E-state index in [2.05, 4.69) is 10.2 Å². The van der Waals surface area contributed by atoms with Gasteiger partial charge in [0.25, 0.3) is 0 Å². The Morgan fingerprint density at radius 3 is 2.33 bits per heavy atom. The quantitative estimate of drug-likeness (QED) is 0.279. The Labute approximate surface area is 177 Å².